The van der Waals surface area contributed by atoms with Crippen molar-refractivity contribution >= 4 is 0 Å². The van der Waals surface area contributed by atoms with Gasteiger partial charge >= 0.3 is 0 Å². The molecule has 0 aliphatic heterocycles. The van der Waals surface area contributed by atoms with Crippen LogP contribution in [0.2, 0.25) is 0 Å². The molecular formula is C19H38N2. The van der Waals surface area contributed by atoms with Crippen LogP contribution >= 0.6 is 0 Å². The van der Waals surface area contributed by atoms with Crippen LogP contribution in [0, 0.1) is 5.41 Å². The predicted octanol–water partition coefficient (Wildman–Crippen LogP) is 4.94. The normalized spacial score (nSPS) is 14.3. The summed E-state index contributed by atoms with van der Waals surface area (Å²) in [5.74, 6) is 0. The lowest BCUT2D eigenvalue weighted by Gasteiger charge is -2.19. The Hall–Kier alpha value is -0.600. The van der Waals surface area contributed by atoms with Crippen LogP contribution in [-0.4, -0.2) is 12.6 Å². The molecule has 0 saturated carbocycles. The fourth-order valence-electron chi connectivity index (χ4n) is 2.14. The van der Waals surface area contributed by atoms with Crippen molar-refractivity contribution in [2.24, 2.45) is 16.9 Å². The van der Waals surface area contributed by atoms with Crippen LogP contribution in [0.3, 0.4) is 0 Å². The van der Waals surface area contributed by atoms with E-state index in [1.807, 2.05) is 0 Å². The van der Waals surface area contributed by atoms with Gasteiger partial charge in [-0.3, -0.25) is 0 Å². The minimum atomic E-state index is 0.233. The van der Waals surface area contributed by atoms with Gasteiger partial charge in [-0.15, -0.1) is 0 Å². The molecule has 21 heavy (non-hydrogen) atoms. The Morgan fingerprint density at radius 1 is 0.952 bits per heavy atom. The van der Waals surface area contributed by atoms with Gasteiger partial charge in [0.1, 0.15) is 0 Å². The summed E-state index contributed by atoms with van der Waals surface area (Å²) in [6.07, 6.45) is 19.8. The Bertz CT molecular complexity index is 279. The van der Waals surface area contributed by atoms with Gasteiger partial charge in [-0.1, -0.05) is 70.8 Å². The van der Waals surface area contributed by atoms with Gasteiger partial charge in [0.15, 0.2) is 0 Å². The molecule has 1 atom stereocenters. The summed E-state index contributed by atoms with van der Waals surface area (Å²) in [7, 11) is 0. The molecule has 0 aliphatic rings. The van der Waals surface area contributed by atoms with Crippen LogP contribution in [0.5, 0.6) is 0 Å². The quantitative estimate of drug-likeness (QED) is 0.373. The molecule has 4 N–H and O–H groups in total. The topological polar surface area (TPSA) is 52.0 Å². The highest BCUT2D eigenvalue weighted by molar-refractivity contribution is 4.91. The van der Waals surface area contributed by atoms with E-state index in [4.69, 9.17) is 11.5 Å². The maximum absolute atomic E-state index is 6.10. The summed E-state index contributed by atoms with van der Waals surface area (Å²) in [6.45, 7) is 7.40. The molecule has 0 fully saturated rings. The number of unbranched alkanes of at least 4 members (excludes halogenated alkanes) is 4. The van der Waals surface area contributed by atoms with Crippen LogP contribution in [0.4, 0.5) is 0 Å². The minimum absolute atomic E-state index is 0.233. The Kier molecular flexibility index (Phi) is 12.7. The molecule has 0 aromatic heterocycles. The monoisotopic (exact) mass is 294 g/mol. The lowest BCUT2D eigenvalue weighted by Crippen LogP contribution is -2.22. The minimum Gasteiger partial charge on any atom is -0.330 e. The van der Waals surface area contributed by atoms with Crippen LogP contribution in [0.15, 0.2) is 24.3 Å². The van der Waals surface area contributed by atoms with Crippen molar-refractivity contribution < 1.29 is 0 Å². The number of hydrogen-bond acceptors (Lipinski definition) is 2. The first-order valence-corrected chi connectivity index (χ1v) is 8.77. The highest BCUT2D eigenvalue weighted by Crippen LogP contribution is 2.18. The zero-order valence-corrected chi connectivity index (χ0v) is 14.6. The molecule has 1 unspecified atom stereocenters. The average Bonchev–Trinajstić information content (AvgIpc) is 2.46. The first-order chi connectivity index (χ1) is 10.0. The Morgan fingerprint density at radius 2 is 1.62 bits per heavy atom. The fraction of sp³-hybridized carbons (Fsp3) is 0.789. The zero-order chi connectivity index (χ0) is 16.0. The second-order valence-corrected chi connectivity index (χ2v) is 6.94. The maximum Gasteiger partial charge on any atom is 0.00734 e. The van der Waals surface area contributed by atoms with Gasteiger partial charge < -0.3 is 11.5 Å². The lowest BCUT2D eigenvalue weighted by atomic mass is 9.89. The van der Waals surface area contributed by atoms with Gasteiger partial charge in [0.05, 0.1) is 0 Å². The van der Waals surface area contributed by atoms with E-state index < -0.39 is 0 Å². The Labute approximate surface area is 133 Å². The molecule has 0 heterocycles. The molecule has 0 amide bonds. The lowest BCUT2D eigenvalue weighted by molar-refractivity contribution is 0.384. The molecule has 0 saturated heterocycles. The molecule has 0 aromatic carbocycles. The molecule has 0 radical (unpaired) electrons. The summed E-state index contributed by atoms with van der Waals surface area (Å²) >= 11 is 0. The maximum atomic E-state index is 6.10. The van der Waals surface area contributed by atoms with E-state index >= 15 is 0 Å². The second kappa shape index (κ2) is 13.1. The number of allylic oxidation sites excluding steroid dienone is 3. The number of hydrogen-bond donors (Lipinski definition) is 2. The van der Waals surface area contributed by atoms with E-state index in [1.54, 1.807) is 0 Å². The van der Waals surface area contributed by atoms with Crippen molar-refractivity contribution in [2.75, 3.05) is 6.54 Å². The molecule has 0 aromatic rings. The smallest absolute Gasteiger partial charge is 0.00734 e. The van der Waals surface area contributed by atoms with E-state index in [1.165, 1.54) is 32.1 Å². The van der Waals surface area contributed by atoms with Gasteiger partial charge in [-0.25, -0.2) is 0 Å². The molecule has 2 heteroatoms. The van der Waals surface area contributed by atoms with E-state index in [-0.39, 0.29) is 5.41 Å². The molecule has 0 bridgehead atoms. The predicted molar refractivity (Wildman–Crippen MR) is 96.3 cm³/mol. The molecule has 2 nitrogen and oxygen atoms in total. The van der Waals surface area contributed by atoms with Crippen molar-refractivity contribution in [3.63, 3.8) is 0 Å². The Balaban J connectivity index is 3.53. The fourth-order valence-corrected chi connectivity index (χ4v) is 2.14. The highest BCUT2D eigenvalue weighted by atomic mass is 14.6. The third kappa shape index (κ3) is 14.1. The molecule has 0 spiro atoms. The zero-order valence-electron chi connectivity index (χ0n) is 14.6. The number of rotatable bonds is 13. The van der Waals surface area contributed by atoms with E-state index in [0.29, 0.717) is 6.04 Å². The molecule has 0 rings (SSSR count). The van der Waals surface area contributed by atoms with Crippen molar-refractivity contribution in [2.45, 2.75) is 84.6 Å². The van der Waals surface area contributed by atoms with Crippen LogP contribution in [-0.2, 0) is 0 Å². The third-order valence-electron chi connectivity index (χ3n) is 3.92. The van der Waals surface area contributed by atoms with Gasteiger partial charge in [-0.05, 0) is 44.1 Å². The van der Waals surface area contributed by atoms with Crippen LogP contribution in [0.1, 0.15) is 78.6 Å². The molecular weight excluding hydrogens is 256 g/mol. The first kappa shape index (κ1) is 20.4. The summed E-state index contributed by atoms with van der Waals surface area (Å²) in [5, 5.41) is 0. The largest absolute Gasteiger partial charge is 0.330 e. The highest BCUT2D eigenvalue weighted by Gasteiger charge is 2.12. The molecule has 0 aliphatic carbocycles. The number of nitrogens with two attached hydrogens (primary N) is 2. The van der Waals surface area contributed by atoms with Gasteiger partial charge in [0, 0.05) is 6.04 Å². The van der Waals surface area contributed by atoms with Gasteiger partial charge in [0.25, 0.3) is 0 Å². The van der Waals surface area contributed by atoms with Crippen molar-refractivity contribution in [3.8, 4) is 0 Å². The van der Waals surface area contributed by atoms with Crippen molar-refractivity contribution in [1.82, 2.24) is 0 Å². The van der Waals surface area contributed by atoms with Crippen LogP contribution in [0.25, 0.3) is 0 Å². The van der Waals surface area contributed by atoms with Gasteiger partial charge in [0.2, 0.25) is 0 Å². The van der Waals surface area contributed by atoms with Gasteiger partial charge in [-0.2, -0.15) is 0 Å². The standard InChI is InChI=1S/C19H38N2/c1-4-5-6-11-14-18(21)15-12-9-7-8-10-13-16-19(2,3)17-20/h9-10,12-13,18H,4-8,11,14-17,20-21H2,1-3H3/b12-9+,13-10+. The summed E-state index contributed by atoms with van der Waals surface area (Å²) < 4.78 is 0. The van der Waals surface area contributed by atoms with Crippen molar-refractivity contribution in [1.29, 1.82) is 0 Å². The Morgan fingerprint density at radius 3 is 2.24 bits per heavy atom. The molecule has 124 valence electrons. The van der Waals surface area contributed by atoms with E-state index in [9.17, 15) is 0 Å². The van der Waals surface area contributed by atoms with E-state index in [2.05, 4.69) is 45.1 Å². The summed E-state index contributed by atoms with van der Waals surface area (Å²) in [6, 6.07) is 0.346. The first-order valence-electron chi connectivity index (χ1n) is 8.77. The summed E-state index contributed by atoms with van der Waals surface area (Å²) in [4.78, 5) is 0. The van der Waals surface area contributed by atoms with Crippen LogP contribution < -0.4 is 11.5 Å². The van der Waals surface area contributed by atoms with E-state index in [0.717, 1.165) is 32.2 Å². The second-order valence-electron chi connectivity index (χ2n) is 6.94. The van der Waals surface area contributed by atoms with Crippen molar-refractivity contribution in [3.05, 3.63) is 24.3 Å². The average molecular weight is 295 g/mol. The third-order valence-corrected chi connectivity index (χ3v) is 3.92. The SMILES string of the molecule is CCCCCCC(N)C/C=C/CC/C=C/CC(C)(C)CN. The summed E-state index contributed by atoms with van der Waals surface area (Å²) in [5.41, 5.74) is 12.0.